The normalized spacial score (nSPS) is 7.27. The molecule has 2 aromatic rings. The maximum absolute atomic E-state index is 2.62. The van der Waals surface area contributed by atoms with E-state index in [0.717, 1.165) is 0 Å². The van der Waals surface area contributed by atoms with Gasteiger partial charge in [-0.2, -0.15) is 0 Å². The van der Waals surface area contributed by atoms with Crippen LogP contribution in [0.15, 0.2) is 12.1 Å². The van der Waals surface area contributed by atoms with E-state index < -0.39 is 0 Å². The molecule has 0 aliphatic heterocycles. The van der Waals surface area contributed by atoms with Crippen LogP contribution in [0.25, 0.3) is 0 Å². The van der Waals surface area contributed by atoms with Crippen LogP contribution in [-0.4, -0.2) is 0 Å². The molecular weight excluding hydrogens is 221 g/mol. The molecule has 0 heterocycles. The van der Waals surface area contributed by atoms with Gasteiger partial charge in [0.2, 0.25) is 0 Å². The molecule has 0 aromatic heterocycles. The summed E-state index contributed by atoms with van der Waals surface area (Å²) in [5.41, 5.74) is 0. The first kappa shape index (κ1) is 10.3. The van der Waals surface area contributed by atoms with Crippen LogP contribution in [0, 0.1) is 48.5 Å². The fourth-order valence-corrected chi connectivity index (χ4v) is 0.361. The van der Waals surface area contributed by atoms with Crippen LogP contribution < -0.4 is 0 Å². The zero-order valence-corrected chi connectivity index (χ0v) is 7.25. The standard InChI is InChI=1S/2C5H.Ru/c2*1-2-4-5-3-1;/h2*1H;/q2*-5;. The summed E-state index contributed by atoms with van der Waals surface area (Å²) in [6, 6.07) is 24.0. The number of hydrogen-bond acceptors (Lipinski definition) is 0. The van der Waals surface area contributed by atoms with Gasteiger partial charge in [-0.05, 0) is 0 Å². The van der Waals surface area contributed by atoms with E-state index >= 15 is 0 Å². The van der Waals surface area contributed by atoms with Gasteiger partial charge in [0.25, 0.3) is 0 Å². The van der Waals surface area contributed by atoms with Gasteiger partial charge >= 0.3 is 0 Å². The maximum atomic E-state index is 2.62. The van der Waals surface area contributed by atoms with Crippen LogP contribution in [0.3, 0.4) is 0 Å². The summed E-state index contributed by atoms with van der Waals surface area (Å²) in [6.45, 7) is 0. The molecule has 0 saturated carbocycles. The summed E-state index contributed by atoms with van der Waals surface area (Å²) < 4.78 is 0. The molecule has 11 heavy (non-hydrogen) atoms. The Labute approximate surface area is 80.4 Å². The fourth-order valence-electron chi connectivity index (χ4n) is 0.361. The molecule has 1 heteroatoms. The predicted octanol–water partition coefficient (Wildman–Crippen LogP) is 1.21. The van der Waals surface area contributed by atoms with Crippen molar-refractivity contribution < 1.29 is 19.5 Å². The van der Waals surface area contributed by atoms with Crippen LogP contribution in [0.5, 0.6) is 0 Å². The monoisotopic (exact) mass is 224 g/mol. The van der Waals surface area contributed by atoms with Gasteiger partial charge < -0.3 is 60.7 Å². The van der Waals surface area contributed by atoms with Gasteiger partial charge in [0.05, 0.1) is 0 Å². The molecule has 0 aliphatic carbocycles. The maximum Gasteiger partial charge on any atom is 0 e. The molecule has 0 saturated heterocycles. The summed E-state index contributed by atoms with van der Waals surface area (Å²) in [4.78, 5) is 0. The van der Waals surface area contributed by atoms with Gasteiger partial charge in [-0.3, -0.25) is 0 Å². The van der Waals surface area contributed by atoms with Crippen LogP contribution in [0.4, 0.5) is 0 Å². The minimum Gasteiger partial charge on any atom is -0.999 e. The zero-order valence-electron chi connectivity index (χ0n) is 5.51. The summed E-state index contributed by atoms with van der Waals surface area (Å²) in [6.07, 6.45) is 0. The molecule has 0 fully saturated rings. The van der Waals surface area contributed by atoms with Crippen molar-refractivity contribution in [3.63, 3.8) is 0 Å². The number of rotatable bonds is 0. The molecule has 0 aliphatic rings. The minimum absolute atomic E-state index is 0. The van der Waals surface area contributed by atoms with Crippen LogP contribution in [0.1, 0.15) is 0 Å². The van der Waals surface area contributed by atoms with Gasteiger partial charge in [0, 0.05) is 19.5 Å². The number of hydrogen-bond donors (Lipinski definition) is 0. The summed E-state index contributed by atoms with van der Waals surface area (Å²) in [5, 5.41) is 0. The Hall–Kier alpha value is -0.677. The molecule has 60 valence electrons. The third kappa shape index (κ3) is 5.75. The largest absolute Gasteiger partial charge is 0.999 e. The average Bonchev–Trinajstić information content (AvgIpc) is 2.67. The van der Waals surface area contributed by atoms with Crippen molar-refractivity contribution in [2.75, 3.05) is 0 Å². The first-order valence-electron chi connectivity index (χ1n) is 2.65. The molecule has 2 rings (SSSR count). The fraction of sp³-hybridized carbons (Fsp3) is 0. The van der Waals surface area contributed by atoms with Crippen molar-refractivity contribution in [3.05, 3.63) is 60.7 Å². The smallest absolute Gasteiger partial charge is 0 e. The van der Waals surface area contributed by atoms with E-state index in [0.29, 0.717) is 0 Å². The molecule has 0 atom stereocenters. The van der Waals surface area contributed by atoms with Gasteiger partial charge in [-0.25, -0.2) is 0 Å². The first-order chi connectivity index (χ1) is 5.00. The van der Waals surface area contributed by atoms with E-state index in [4.69, 9.17) is 0 Å². The summed E-state index contributed by atoms with van der Waals surface area (Å²) in [5.74, 6) is 0. The zero-order chi connectivity index (χ0) is 7.07. The van der Waals surface area contributed by atoms with Crippen molar-refractivity contribution in [1.29, 1.82) is 0 Å². The van der Waals surface area contributed by atoms with E-state index in [9.17, 15) is 0 Å². The molecule has 0 amide bonds. The van der Waals surface area contributed by atoms with Gasteiger partial charge in [0.15, 0.2) is 0 Å². The average molecular weight is 223 g/mol. The topological polar surface area (TPSA) is 0 Å². The van der Waals surface area contributed by atoms with Gasteiger partial charge in [0.1, 0.15) is 0 Å². The van der Waals surface area contributed by atoms with Crippen molar-refractivity contribution in [1.82, 2.24) is 0 Å². The SMILES string of the molecule is [Ru].[c-]1[c-][c-][cH-][c-]1.[c-]1[c-][c-][cH-][c-]1. The van der Waals surface area contributed by atoms with E-state index in [1.807, 2.05) is 0 Å². The Bertz CT molecular complexity index is 144. The molecule has 2 aromatic carbocycles. The third-order valence-corrected chi connectivity index (χ3v) is 0.702. The molecular formula is C10H2Ru-10. The summed E-state index contributed by atoms with van der Waals surface area (Å²) >= 11 is 0. The molecule has 0 N–H and O–H groups in total. The second kappa shape index (κ2) is 7.43. The van der Waals surface area contributed by atoms with Crippen LogP contribution >= 0.6 is 0 Å². The van der Waals surface area contributed by atoms with E-state index in [2.05, 4.69) is 48.5 Å². The molecule has 0 nitrogen and oxygen atoms in total. The van der Waals surface area contributed by atoms with Gasteiger partial charge in [-0.15, -0.1) is 0 Å². The Morgan fingerprint density at radius 1 is 0.545 bits per heavy atom. The van der Waals surface area contributed by atoms with Crippen LogP contribution in [-0.2, 0) is 19.5 Å². The first-order valence-corrected chi connectivity index (χ1v) is 2.65. The summed E-state index contributed by atoms with van der Waals surface area (Å²) in [7, 11) is 0. The second-order valence-corrected chi connectivity index (χ2v) is 1.37. The van der Waals surface area contributed by atoms with E-state index in [1.165, 1.54) is 0 Å². The van der Waals surface area contributed by atoms with E-state index in [-0.39, 0.29) is 19.5 Å². The third-order valence-electron chi connectivity index (χ3n) is 0.702. The Kier molecular flexibility index (Phi) is 6.97. The molecule has 0 spiro atoms. The van der Waals surface area contributed by atoms with Crippen molar-refractivity contribution in [2.24, 2.45) is 0 Å². The van der Waals surface area contributed by atoms with Crippen molar-refractivity contribution in [3.8, 4) is 0 Å². The molecule has 0 bridgehead atoms. The van der Waals surface area contributed by atoms with Crippen molar-refractivity contribution in [2.45, 2.75) is 0 Å². The predicted molar refractivity (Wildman–Crippen MR) is 34.8 cm³/mol. The Morgan fingerprint density at radius 3 is 0.909 bits per heavy atom. The Balaban J connectivity index is 0.000000167. The minimum atomic E-state index is 0. The second-order valence-electron chi connectivity index (χ2n) is 1.37. The van der Waals surface area contributed by atoms with Crippen molar-refractivity contribution >= 4 is 0 Å². The molecule has 0 radical (unpaired) electrons. The van der Waals surface area contributed by atoms with Gasteiger partial charge in [-0.1, -0.05) is 0 Å². The Morgan fingerprint density at radius 2 is 0.818 bits per heavy atom. The quantitative estimate of drug-likeness (QED) is 0.465. The van der Waals surface area contributed by atoms with E-state index in [1.54, 1.807) is 12.1 Å². The molecule has 0 unspecified atom stereocenters. The van der Waals surface area contributed by atoms with Crippen LogP contribution in [0.2, 0.25) is 0 Å².